The maximum absolute atomic E-state index is 13.0. The first kappa shape index (κ1) is 16.4. The fourth-order valence-corrected chi connectivity index (χ4v) is 2.27. The zero-order chi connectivity index (χ0) is 17.2. The van der Waals surface area contributed by atoms with Gasteiger partial charge in [-0.25, -0.2) is 9.18 Å². The number of nitriles is 1. The van der Waals surface area contributed by atoms with E-state index in [1.807, 2.05) is 6.07 Å². The molecule has 0 aliphatic carbocycles. The molecule has 0 saturated carbocycles. The van der Waals surface area contributed by atoms with Crippen molar-refractivity contribution in [2.75, 3.05) is 20.1 Å². The minimum absolute atomic E-state index is 0.141. The van der Waals surface area contributed by atoms with Crippen LogP contribution in [0.3, 0.4) is 0 Å². The van der Waals surface area contributed by atoms with Gasteiger partial charge in [0.2, 0.25) is 5.91 Å². The third-order valence-corrected chi connectivity index (χ3v) is 3.72. The normalized spacial score (nSPS) is 20.2. The van der Waals surface area contributed by atoms with Crippen LogP contribution in [0.25, 0.3) is 0 Å². The van der Waals surface area contributed by atoms with Crippen molar-refractivity contribution in [3.63, 3.8) is 0 Å². The van der Waals surface area contributed by atoms with Gasteiger partial charge in [0.15, 0.2) is 0 Å². The van der Waals surface area contributed by atoms with Gasteiger partial charge < -0.3 is 10.2 Å². The Hall–Kier alpha value is -2.95. The molecule has 1 aliphatic heterocycles. The molecule has 1 fully saturated rings. The SMILES string of the molecule is CN(CC#N)C(=O)CN1C(=O)NC(C)(c2ccc(F)cc2)C1=O. The predicted molar refractivity (Wildman–Crippen MR) is 77.2 cm³/mol. The molecule has 120 valence electrons. The number of imide groups is 1. The molecule has 0 spiro atoms. The van der Waals surface area contributed by atoms with Gasteiger partial charge in [0.1, 0.15) is 24.4 Å². The fourth-order valence-electron chi connectivity index (χ4n) is 2.27. The van der Waals surface area contributed by atoms with E-state index in [4.69, 9.17) is 5.26 Å². The number of rotatable bonds is 4. The van der Waals surface area contributed by atoms with Gasteiger partial charge in [-0.3, -0.25) is 14.5 Å². The molecule has 0 radical (unpaired) electrons. The quantitative estimate of drug-likeness (QED) is 0.649. The third kappa shape index (κ3) is 2.99. The zero-order valence-electron chi connectivity index (χ0n) is 12.7. The molecular formula is C15H15FN4O3. The summed E-state index contributed by atoms with van der Waals surface area (Å²) in [6.07, 6.45) is 0. The number of urea groups is 1. The number of nitrogens with one attached hydrogen (secondary N) is 1. The van der Waals surface area contributed by atoms with E-state index in [2.05, 4.69) is 5.32 Å². The van der Waals surface area contributed by atoms with Crippen molar-refractivity contribution < 1.29 is 18.8 Å². The van der Waals surface area contributed by atoms with E-state index in [0.29, 0.717) is 5.56 Å². The van der Waals surface area contributed by atoms with Crippen LogP contribution < -0.4 is 5.32 Å². The van der Waals surface area contributed by atoms with E-state index in [0.717, 1.165) is 9.80 Å². The number of likely N-dealkylation sites (N-methyl/N-ethyl adjacent to an activating group) is 1. The molecule has 1 aromatic rings. The van der Waals surface area contributed by atoms with Crippen LogP contribution in [-0.4, -0.2) is 47.8 Å². The van der Waals surface area contributed by atoms with Crippen molar-refractivity contribution in [1.82, 2.24) is 15.1 Å². The van der Waals surface area contributed by atoms with Crippen molar-refractivity contribution in [1.29, 1.82) is 5.26 Å². The largest absolute Gasteiger partial charge is 0.331 e. The van der Waals surface area contributed by atoms with Crippen LogP contribution in [0, 0.1) is 17.1 Å². The Morgan fingerprint density at radius 1 is 1.39 bits per heavy atom. The van der Waals surface area contributed by atoms with Crippen LogP contribution in [0.15, 0.2) is 24.3 Å². The Labute approximate surface area is 132 Å². The minimum Gasteiger partial charge on any atom is -0.331 e. The van der Waals surface area contributed by atoms with Gasteiger partial charge in [-0.2, -0.15) is 5.26 Å². The topological polar surface area (TPSA) is 93.5 Å². The Morgan fingerprint density at radius 3 is 2.57 bits per heavy atom. The Morgan fingerprint density at radius 2 is 2.00 bits per heavy atom. The number of nitrogens with zero attached hydrogens (tertiary/aromatic N) is 3. The van der Waals surface area contributed by atoms with E-state index in [1.54, 1.807) is 0 Å². The number of hydrogen-bond donors (Lipinski definition) is 1. The number of carbonyl (C=O) groups excluding carboxylic acids is 3. The van der Waals surface area contributed by atoms with Crippen LogP contribution >= 0.6 is 0 Å². The molecular weight excluding hydrogens is 303 g/mol. The molecule has 0 aromatic heterocycles. The number of carbonyl (C=O) groups is 3. The van der Waals surface area contributed by atoms with Gasteiger partial charge in [-0.15, -0.1) is 0 Å². The van der Waals surface area contributed by atoms with E-state index in [-0.39, 0.29) is 6.54 Å². The predicted octanol–water partition coefficient (Wildman–Crippen LogP) is 0.575. The lowest BCUT2D eigenvalue weighted by Gasteiger charge is -2.22. The molecule has 1 heterocycles. The second-order valence-corrected chi connectivity index (χ2v) is 5.36. The van der Waals surface area contributed by atoms with Crippen molar-refractivity contribution in [3.8, 4) is 6.07 Å². The van der Waals surface area contributed by atoms with Crippen LogP contribution in [0.4, 0.5) is 9.18 Å². The monoisotopic (exact) mass is 318 g/mol. The van der Waals surface area contributed by atoms with E-state index < -0.39 is 35.7 Å². The van der Waals surface area contributed by atoms with Gasteiger partial charge >= 0.3 is 6.03 Å². The highest BCUT2D eigenvalue weighted by atomic mass is 19.1. The van der Waals surface area contributed by atoms with Crippen LogP contribution in [0.5, 0.6) is 0 Å². The molecule has 1 N–H and O–H groups in total. The molecule has 1 aromatic carbocycles. The number of amides is 4. The van der Waals surface area contributed by atoms with E-state index >= 15 is 0 Å². The highest BCUT2D eigenvalue weighted by Crippen LogP contribution is 2.28. The summed E-state index contributed by atoms with van der Waals surface area (Å²) in [4.78, 5) is 38.4. The summed E-state index contributed by atoms with van der Waals surface area (Å²) in [6.45, 7) is 0.890. The lowest BCUT2D eigenvalue weighted by atomic mass is 9.92. The molecule has 1 aliphatic rings. The number of benzene rings is 1. The molecule has 7 nitrogen and oxygen atoms in total. The number of halogens is 1. The van der Waals surface area contributed by atoms with Crippen LogP contribution in [0.1, 0.15) is 12.5 Å². The first-order chi connectivity index (χ1) is 10.8. The molecule has 23 heavy (non-hydrogen) atoms. The first-order valence-corrected chi connectivity index (χ1v) is 6.80. The van der Waals surface area contributed by atoms with Crippen LogP contribution in [-0.2, 0) is 15.1 Å². The molecule has 2 rings (SSSR count). The summed E-state index contributed by atoms with van der Waals surface area (Å²) in [5, 5.41) is 11.1. The molecule has 1 unspecified atom stereocenters. The molecule has 4 amide bonds. The Bertz CT molecular complexity index is 698. The van der Waals surface area contributed by atoms with Crippen molar-refractivity contribution >= 4 is 17.8 Å². The summed E-state index contributed by atoms with van der Waals surface area (Å²) in [5.74, 6) is -1.59. The smallest absolute Gasteiger partial charge is 0.325 e. The van der Waals surface area contributed by atoms with Gasteiger partial charge in [-0.05, 0) is 24.6 Å². The minimum atomic E-state index is -1.36. The second kappa shape index (κ2) is 6.04. The lowest BCUT2D eigenvalue weighted by molar-refractivity contribution is -0.137. The van der Waals surface area contributed by atoms with Gasteiger partial charge in [0.05, 0.1) is 6.07 Å². The molecule has 0 bridgehead atoms. The standard InChI is InChI=1S/C15H15FN4O3/c1-15(10-3-5-11(16)6-4-10)13(22)20(14(23)18-15)9-12(21)19(2)8-7-17/h3-6H,8-9H2,1-2H3,(H,18,23). The fraction of sp³-hybridized carbons (Fsp3) is 0.333. The van der Waals surface area contributed by atoms with Gasteiger partial charge in [0, 0.05) is 7.05 Å². The van der Waals surface area contributed by atoms with Crippen molar-refractivity contribution in [2.45, 2.75) is 12.5 Å². The maximum Gasteiger partial charge on any atom is 0.325 e. The van der Waals surface area contributed by atoms with Crippen molar-refractivity contribution in [2.24, 2.45) is 0 Å². The average Bonchev–Trinajstić information content (AvgIpc) is 2.72. The van der Waals surface area contributed by atoms with Gasteiger partial charge in [0.25, 0.3) is 5.91 Å². The first-order valence-electron chi connectivity index (χ1n) is 6.80. The highest BCUT2D eigenvalue weighted by molar-refractivity contribution is 6.09. The Kier molecular flexibility index (Phi) is 4.31. The second-order valence-electron chi connectivity index (χ2n) is 5.36. The van der Waals surface area contributed by atoms with Crippen LogP contribution in [0.2, 0.25) is 0 Å². The average molecular weight is 318 g/mol. The summed E-state index contributed by atoms with van der Waals surface area (Å²) in [5.41, 5.74) is -0.948. The lowest BCUT2D eigenvalue weighted by Crippen LogP contribution is -2.43. The van der Waals surface area contributed by atoms with Gasteiger partial charge in [-0.1, -0.05) is 12.1 Å². The summed E-state index contributed by atoms with van der Waals surface area (Å²) >= 11 is 0. The molecule has 1 atom stereocenters. The third-order valence-electron chi connectivity index (χ3n) is 3.72. The van der Waals surface area contributed by atoms with E-state index in [1.165, 1.54) is 38.2 Å². The Balaban J connectivity index is 2.21. The molecule has 8 heteroatoms. The highest BCUT2D eigenvalue weighted by Gasteiger charge is 2.49. The van der Waals surface area contributed by atoms with Crippen molar-refractivity contribution in [3.05, 3.63) is 35.6 Å². The number of hydrogen-bond acceptors (Lipinski definition) is 4. The maximum atomic E-state index is 13.0. The summed E-state index contributed by atoms with van der Waals surface area (Å²) < 4.78 is 13.0. The summed E-state index contributed by atoms with van der Waals surface area (Å²) in [6, 6.07) is 6.29. The molecule has 1 saturated heterocycles. The zero-order valence-corrected chi connectivity index (χ0v) is 12.7. The van der Waals surface area contributed by atoms with E-state index in [9.17, 15) is 18.8 Å². The summed E-state index contributed by atoms with van der Waals surface area (Å²) in [7, 11) is 1.41.